The fraction of sp³-hybridized carbons (Fsp3) is 0.538. The van der Waals surface area contributed by atoms with Crippen LogP contribution in [0.15, 0.2) is 47.4 Å². The molecule has 35 heavy (non-hydrogen) atoms. The number of hydrogen-bond acceptors (Lipinski definition) is 7. The van der Waals surface area contributed by atoms with Crippen molar-refractivity contribution < 1.29 is 83.4 Å². The second kappa shape index (κ2) is 20.3. The molecule has 1 aromatic rings. The summed E-state index contributed by atoms with van der Waals surface area (Å²) in [6, 6.07) is 3.02. The minimum atomic E-state index is -4.80. The molecule has 0 N–H and O–H groups in total. The molecule has 190 valence electrons. The number of carbonyl (C=O) groups is 2. The zero-order valence-electron chi connectivity index (χ0n) is 21.3. The van der Waals surface area contributed by atoms with E-state index >= 15 is 0 Å². The standard InChI is InChI=1S/C26H38O7S.K/c1-3-5-7-9-11-13-15-19-32-25(27)23-18-17-22(34(29,30)31)21-24(23)26(28)33-20-16-14-12-10-8-6-4-2;/h3-6,17-18,21H,7-16,19-20H2,1-2H3,(H,29,30,31);/q;+1/p-1/b5-3+,6-4+;. The maximum atomic E-state index is 12.6. The van der Waals surface area contributed by atoms with Gasteiger partial charge in [0.1, 0.15) is 10.1 Å². The second-order valence-electron chi connectivity index (χ2n) is 7.98. The maximum Gasteiger partial charge on any atom is 1.00 e. The molecule has 0 saturated heterocycles. The van der Waals surface area contributed by atoms with Crippen molar-refractivity contribution in [1.29, 1.82) is 0 Å². The smallest absolute Gasteiger partial charge is 0.744 e. The Morgan fingerprint density at radius 2 is 1.23 bits per heavy atom. The van der Waals surface area contributed by atoms with Crippen molar-refractivity contribution in [1.82, 2.24) is 0 Å². The van der Waals surface area contributed by atoms with Crippen LogP contribution in [0, 0.1) is 0 Å². The van der Waals surface area contributed by atoms with Crippen LogP contribution >= 0.6 is 0 Å². The minimum absolute atomic E-state index is 0. The Morgan fingerprint density at radius 3 is 1.69 bits per heavy atom. The van der Waals surface area contributed by atoms with Crippen LogP contribution in [0.2, 0.25) is 0 Å². The van der Waals surface area contributed by atoms with E-state index in [2.05, 4.69) is 12.2 Å². The number of esters is 2. The third-order valence-electron chi connectivity index (χ3n) is 5.19. The first-order valence-corrected chi connectivity index (χ1v) is 13.4. The third kappa shape index (κ3) is 15.1. The molecule has 0 atom stereocenters. The van der Waals surface area contributed by atoms with E-state index in [-0.39, 0.29) is 75.7 Å². The van der Waals surface area contributed by atoms with Crippen LogP contribution in [-0.4, -0.2) is 38.1 Å². The number of carbonyl (C=O) groups excluding carboxylic acids is 2. The van der Waals surface area contributed by atoms with E-state index in [4.69, 9.17) is 9.47 Å². The Hall–Kier alpha value is -0.814. The first kappa shape index (κ1) is 34.2. The molecule has 0 aliphatic carbocycles. The SMILES string of the molecule is C/C=C/CCCCCCOC(=O)c1ccc(S(=O)(=O)[O-])cc1C(=O)OCCCCCC/C=C/C.[K+]. The van der Waals surface area contributed by atoms with E-state index in [0.29, 0.717) is 12.8 Å². The normalized spacial score (nSPS) is 11.5. The van der Waals surface area contributed by atoms with Crippen molar-refractivity contribution >= 4 is 22.1 Å². The fourth-order valence-electron chi connectivity index (χ4n) is 3.28. The molecule has 7 nitrogen and oxygen atoms in total. The zero-order valence-corrected chi connectivity index (χ0v) is 25.2. The summed E-state index contributed by atoms with van der Waals surface area (Å²) in [5.41, 5.74) is -0.391. The fourth-order valence-corrected chi connectivity index (χ4v) is 3.78. The predicted octanol–water partition coefficient (Wildman–Crippen LogP) is 2.96. The number of hydrogen-bond donors (Lipinski definition) is 0. The zero-order chi connectivity index (χ0) is 25.2. The quantitative estimate of drug-likeness (QED) is 0.0997. The van der Waals surface area contributed by atoms with Gasteiger partial charge in [-0.25, -0.2) is 18.0 Å². The molecule has 0 spiro atoms. The molecular weight excluding hydrogens is 495 g/mol. The predicted molar refractivity (Wildman–Crippen MR) is 131 cm³/mol. The van der Waals surface area contributed by atoms with Gasteiger partial charge in [-0.2, -0.15) is 0 Å². The average molecular weight is 533 g/mol. The van der Waals surface area contributed by atoms with Crippen molar-refractivity contribution in [3.63, 3.8) is 0 Å². The van der Waals surface area contributed by atoms with Gasteiger partial charge >= 0.3 is 63.3 Å². The molecule has 0 fully saturated rings. The van der Waals surface area contributed by atoms with Gasteiger partial charge in [-0.1, -0.05) is 50.0 Å². The summed E-state index contributed by atoms with van der Waals surface area (Å²) in [7, 11) is -4.80. The first-order chi connectivity index (χ1) is 16.3. The van der Waals surface area contributed by atoms with E-state index in [9.17, 15) is 22.6 Å². The molecule has 0 heterocycles. The Bertz CT molecular complexity index is 924. The Labute approximate surface area is 252 Å². The van der Waals surface area contributed by atoms with Crippen molar-refractivity contribution in [2.45, 2.75) is 83.0 Å². The number of ether oxygens (including phenoxy) is 2. The largest absolute Gasteiger partial charge is 1.00 e. The summed E-state index contributed by atoms with van der Waals surface area (Å²) < 4.78 is 44.7. The van der Waals surface area contributed by atoms with Crippen molar-refractivity contribution in [2.24, 2.45) is 0 Å². The minimum Gasteiger partial charge on any atom is -0.744 e. The van der Waals surface area contributed by atoms with Gasteiger partial charge in [0.15, 0.2) is 0 Å². The van der Waals surface area contributed by atoms with Gasteiger partial charge in [-0.3, -0.25) is 0 Å². The van der Waals surface area contributed by atoms with Gasteiger partial charge in [-0.15, -0.1) is 0 Å². The summed E-state index contributed by atoms with van der Waals surface area (Å²) in [6.45, 7) is 4.28. The van der Waals surface area contributed by atoms with Crippen LogP contribution in [0.25, 0.3) is 0 Å². The molecule has 0 radical (unpaired) electrons. The number of rotatable bonds is 17. The molecule has 0 aliphatic heterocycles. The second-order valence-corrected chi connectivity index (χ2v) is 9.36. The van der Waals surface area contributed by atoms with Crippen LogP contribution in [-0.2, 0) is 19.6 Å². The summed E-state index contributed by atoms with van der Waals surface area (Å²) in [6.07, 6.45) is 17.5. The number of benzene rings is 1. The van der Waals surface area contributed by atoms with Crippen LogP contribution in [0.5, 0.6) is 0 Å². The van der Waals surface area contributed by atoms with Gasteiger partial charge in [0, 0.05) is 0 Å². The molecule has 0 aromatic heterocycles. The van der Waals surface area contributed by atoms with Gasteiger partial charge in [0.25, 0.3) is 0 Å². The van der Waals surface area contributed by atoms with Crippen molar-refractivity contribution in [3.05, 3.63) is 53.6 Å². The van der Waals surface area contributed by atoms with Crippen LogP contribution in [0.3, 0.4) is 0 Å². The first-order valence-electron chi connectivity index (χ1n) is 12.0. The van der Waals surface area contributed by atoms with Gasteiger partial charge in [0.2, 0.25) is 0 Å². The van der Waals surface area contributed by atoms with Crippen LogP contribution in [0.1, 0.15) is 98.8 Å². The van der Waals surface area contributed by atoms with Crippen LogP contribution in [0.4, 0.5) is 0 Å². The average Bonchev–Trinajstić information content (AvgIpc) is 2.81. The van der Waals surface area contributed by atoms with E-state index in [1.54, 1.807) is 0 Å². The maximum absolute atomic E-state index is 12.6. The van der Waals surface area contributed by atoms with Gasteiger partial charge in [0.05, 0.1) is 29.2 Å². The Balaban J connectivity index is 0.0000116. The van der Waals surface area contributed by atoms with E-state index in [1.165, 1.54) is 0 Å². The Morgan fingerprint density at radius 1 is 0.771 bits per heavy atom. The van der Waals surface area contributed by atoms with Gasteiger partial charge in [-0.05, 0) is 70.6 Å². The Kier molecular flexibility index (Phi) is 19.8. The topological polar surface area (TPSA) is 110 Å². The number of unbranched alkanes of at least 4 members (excludes halogenated alkanes) is 8. The monoisotopic (exact) mass is 532 g/mol. The summed E-state index contributed by atoms with van der Waals surface area (Å²) in [5, 5.41) is 0. The van der Waals surface area contributed by atoms with Crippen molar-refractivity contribution in [3.8, 4) is 0 Å². The van der Waals surface area contributed by atoms with E-state index in [1.807, 2.05) is 26.0 Å². The molecule has 0 unspecified atom stereocenters. The molecule has 0 amide bonds. The molecule has 1 rings (SSSR count). The van der Waals surface area contributed by atoms with Crippen LogP contribution < -0.4 is 51.4 Å². The molecular formula is C26H37KO7S. The summed E-state index contributed by atoms with van der Waals surface area (Å²) in [4.78, 5) is 24.5. The molecule has 0 aliphatic rings. The molecule has 1 aromatic carbocycles. The summed E-state index contributed by atoms with van der Waals surface area (Å²) >= 11 is 0. The molecule has 0 bridgehead atoms. The molecule has 9 heteroatoms. The van der Waals surface area contributed by atoms with E-state index in [0.717, 1.165) is 69.6 Å². The third-order valence-corrected chi connectivity index (χ3v) is 6.02. The summed E-state index contributed by atoms with van der Waals surface area (Å²) in [5.74, 6) is -1.60. The number of allylic oxidation sites excluding steroid dienone is 4. The van der Waals surface area contributed by atoms with Gasteiger partial charge < -0.3 is 14.0 Å². The van der Waals surface area contributed by atoms with Crippen molar-refractivity contribution in [2.75, 3.05) is 13.2 Å². The van der Waals surface area contributed by atoms with E-state index < -0.39 is 27.0 Å². The molecule has 0 saturated carbocycles.